The smallest absolute Gasteiger partial charge is 0.146 e. The molecule has 0 heterocycles. The summed E-state index contributed by atoms with van der Waals surface area (Å²) in [6, 6.07) is 15.4. The van der Waals surface area contributed by atoms with E-state index in [-0.39, 0.29) is 10.8 Å². The summed E-state index contributed by atoms with van der Waals surface area (Å²) in [7, 11) is 0. The molecule has 2 atom stereocenters. The minimum absolute atomic E-state index is 0.212. The zero-order valence-electron chi connectivity index (χ0n) is 10.8. The summed E-state index contributed by atoms with van der Waals surface area (Å²) in [6.45, 7) is 0. The molecule has 0 bridgehead atoms. The van der Waals surface area contributed by atoms with Crippen molar-refractivity contribution in [3.63, 3.8) is 0 Å². The zero-order valence-corrected chi connectivity index (χ0v) is 11.7. The van der Waals surface area contributed by atoms with E-state index >= 15 is 0 Å². The topological polar surface area (TPSA) is 38.0 Å². The van der Waals surface area contributed by atoms with E-state index in [2.05, 4.69) is 17.4 Å². The largest absolute Gasteiger partial charge is 0.389 e. The summed E-state index contributed by atoms with van der Waals surface area (Å²) in [5.41, 5.74) is 7.85. The van der Waals surface area contributed by atoms with Crippen LogP contribution >= 0.6 is 12.2 Å². The maximum Gasteiger partial charge on any atom is 0.146 e. The Hall–Kier alpha value is -1.94. The number of nitrogens with one attached hydrogen (secondary N) is 1. The fourth-order valence-corrected chi connectivity index (χ4v) is 2.54. The lowest BCUT2D eigenvalue weighted by atomic mass is 10.1. The molecule has 0 amide bonds. The van der Waals surface area contributed by atoms with Crippen LogP contribution in [0.25, 0.3) is 0 Å². The highest BCUT2D eigenvalue weighted by Crippen LogP contribution is 2.42. The van der Waals surface area contributed by atoms with Crippen LogP contribution in [-0.4, -0.2) is 11.0 Å². The summed E-state index contributed by atoms with van der Waals surface area (Å²) in [5.74, 6) is 0.153. The van der Waals surface area contributed by atoms with Crippen molar-refractivity contribution in [3.05, 3.63) is 65.5 Å². The fourth-order valence-electron chi connectivity index (χ4n) is 2.41. The van der Waals surface area contributed by atoms with Gasteiger partial charge in [0.15, 0.2) is 0 Å². The Morgan fingerprint density at radius 3 is 2.60 bits per heavy atom. The van der Waals surface area contributed by atoms with Crippen LogP contribution in [0.3, 0.4) is 0 Å². The Balaban J connectivity index is 1.70. The molecular formula is C16H15FN2S. The van der Waals surface area contributed by atoms with E-state index in [9.17, 15) is 4.39 Å². The number of thiocarbonyl (C=S) groups is 1. The van der Waals surface area contributed by atoms with Crippen LogP contribution in [0.1, 0.15) is 23.5 Å². The van der Waals surface area contributed by atoms with Crippen molar-refractivity contribution in [2.75, 3.05) is 5.32 Å². The summed E-state index contributed by atoms with van der Waals surface area (Å²) < 4.78 is 14.0. The molecule has 2 aromatic carbocycles. The molecule has 3 N–H and O–H groups in total. The van der Waals surface area contributed by atoms with Crippen LogP contribution in [0.5, 0.6) is 0 Å². The van der Waals surface area contributed by atoms with E-state index in [4.69, 9.17) is 18.0 Å². The number of nitrogens with two attached hydrogens (primary N) is 1. The van der Waals surface area contributed by atoms with Crippen molar-refractivity contribution < 1.29 is 4.39 Å². The first-order valence-electron chi connectivity index (χ1n) is 6.56. The lowest BCUT2D eigenvalue weighted by Gasteiger charge is -2.08. The molecule has 2 unspecified atom stereocenters. The molecular weight excluding hydrogens is 271 g/mol. The van der Waals surface area contributed by atoms with Gasteiger partial charge in [-0.2, -0.15) is 0 Å². The van der Waals surface area contributed by atoms with E-state index < -0.39 is 0 Å². The van der Waals surface area contributed by atoms with Gasteiger partial charge in [0, 0.05) is 17.5 Å². The minimum Gasteiger partial charge on any atom is -0.389 e. The first-order valence-corrected chi connectivity index (χ1v) is 6.97. The molecule has 3 rings (SSSR count). The van der Waals surface area contributed by atoms with Gasteiger partial charge in [-0.05, 0) is 30.2 Å². The van der Waals surface area contributed by atoms with Crippen LogP contribution < -0.4 is 11.1 Å². The lowest BCUT2D eigenvalue weighted by Crippen LogP contribution is -2.11. The van der Waals surface area contributed by atoms with Gasteiger partial charge in [0.05, 0.1) is 5.69 Å². The quantitative estimate of drug-likeness (QED) is 0.846. The molecule has 102 valence electrons. The van der Waals surface area contributed by atoms with Crippen LogP contribution in [-0.2, 0) is 0 Å². The summed E-state index contributed by atoms with van der Waals surface area (Å²) in [5, 5.41) is 3.24. The van der Waals surface area contributed by atoms with Crippen LogP contribution in [0.15, 0.2) is 48.5 Å². The molecule has 0 saturated heterocycles. The maximum atomic E-state index is 14.0. The van der Waals surface area contributed by atoms with Crippen molar-refractivity contribution in [3.8, 4) is 0 Å². The molecule has 0 aliphatic heterocycles. The van der Waals surface area contributed by atoms with Gasteiger partial charge in [0.2, 0.25) is 0 Å². The second kappa shape index (κ2) is 5.21. The highest BCUT2D eigenvalue weighted by molar-refractivity contribution is 7.80. The van der Waals surface area contributed by atoms with Crippen molar-refractivity contribution in [1.82, 2.24) is 0 Å². The number of halogens is 1. The monoisotopic (exact) mass is 286 g/mol. The molecule has 20 heavy (non-hydrogen) atoms. The van der Waals surface area contributed by atoms with Gasteiger partial charge < -0.3 is 11.1 Å². The van der Waals surface area contributed by atoms with Crippen LogP contribution in [0.4, 0.5) is 10.1 Å². The number of hydrogen-bond donors (Lipinski definition) is 2. The lowest BCUT2D eigenvalue weighted by molar-refractivity contribution is 0.629. The summed E-state index contributed by atoms with van der Waals surface area (Å²) in [6.07, 6.45) is 1.03. The Labute approximate surface area is 122 Å². The van der Waals surface area contributed by atoms with E-state index in [0.717, 1.165) is 6.42 Å². The second-order valence-electron chi connectivity index (χ2n) is 5.06. The third kappa shape index (κ3) is 2.65. The van der Waals surface area contributed by atoms with E-state index in [1.165, 1.54) is 11.6 Å². The average molecular weight is 286 g/mol. The third-order valence-corrected chi connectivity index (χ3v) is 3.85. The van der Waals surface area contributed by atoms with E-state index in [1.54, 1.807) is 12.1 Å². The molecule has 1 aliphatic carbocycles. The number of benzene rings is 2. The van der Waals surface area contributed by atoms with Crippen molar-refractivity contribution in [2.45, 2.75) is 18.4 Å². The number of rotatable bonds is 4. The highest BCUT2D eigenvalue weighted by atomic mass is 32.1. The average Bonchev–Trinajstić information content (AvgIpc) is 3.21. The molecule has 2 aromatic rings. The molecule has 1 aliphatic rings. The van der Waals surface area contributed by atoms with Gasteiger partial charge in [-0.15, -0.1) is 0 Å². The molecule has 0 aromatic heterocycles. The van der Waals surface area contributed by atoms with Crippen molar-refractivity contribution in [2.24, 2.45) is 5.73 Å². The molecule has 4 heteroatoms. The maximum absolute atomic E-state index is 14.0. The Morgan fingerprint density at radius 1 is 1.20 bits per heavy atom. The van der Waals surface area contributed by atoms with Gasteiger partial charge in [0.25, 0.3) is 0 Å². The first-order chi connectivity index (χ1) is 9.65. The SMILES string of the molecule is NC(=S)c1ccc(NC2CC2c2ccccc2)c(F)c1. The van der Waals surface area contributed by atoms with E-state index in [0.29, 0.717) is 23.2 Å². The Bertz CT molecular complexity index is 642. The molecule has 0 spiro atoms. The second-order valence-corrected chi connectivity index (χ2v) is 5.50. The Morgan fingerprint density at radius 2 is 1.95 bits per heavy atom. The Kier molecular flexibility index (Phi) is 3.40. The van der Waals surface area contributed by atoms with Gasteiger partial charge in [-0.3, -0.25) is 0 Å². The molecule has 1 fully saturated rings. The first kappa shape index (κ1) is 13.1. The van der Waals surface area contributed by atoms with Gasteiger partial charge in [-0.1, -0.05) is 42.5 Å². The zero-order chi connectivity index (χ0) is 14.1. The highest BCUT2D eigenvalue weighted by Gasteiger charge is 2.38. The molecule has 1 saturated carbocycles. The standard InChI is InChI=1S/C16H15FN2S/c17-13-8-11(16(18)20)6-7-14(13)19-15-9-12(15)10-4-2-1-3-5-10/h1-8,12,15,19H,9H2,(H2,18,20). The van der Waals surface area contributed by atoms with Crippen molar-refractivity contribution in [1.29, 1.82) is 0 Å². The molecule has 0 radical (unpaired) electrons. The minimum atomic E-state index is -0.311. The summed E-state index contributed by atoms with van der Waals surface area (Å²) >= 11 is 4.84. The molecule has 2 nitrogen and oxygen atoms in total. The fraction of sp³-hybridized carbons (Fsp3) is 0.188. The third-order valence-electron chi connectivity index (χ3n) is 3.61. The summed E-state index contributed by atoms with van der Waals surface area (Å²) in [4.78, 5) is 0.212. The normalized spacial score (nSPS) is 20.4. The van der Waals surface area contributed by atoms with Crippen LogP contribution in [0, 0.1) is 5.82 Å². The van der Waals surface area contributed by atoms with Gasteiger partial charge in [0.1, 0.15) is 10.8 Å². The predicted octanol–water partition coefficient (Wildman–Crippen LogP) is 3.43. The van der Waals surface area contributed by atoms with Crippen molar-refractivity contribution >= 4 is 22.9 Å². The van der Waals surface area contributed by atoms with Gasteiger partial charge in [-0.25, -0.2) is 4.39 Å². The number of hydrogen-bond acceptors (Lipinski definition) is 2. The number of anilines is 1. The van der Waals surface area contributed by atoms with E-state index in [1.807, 2.05) is 18.2 Å². The van der Waals surface area contributed by atoms with Gasteiger partial charge >= 0.3 is 0 Å². The predicted molar refractivity (Wildman–Crippen MR) is 83.5 cm³/mol. The van der Waals surface area contributed by atoms with Crippen LogP contribution in [0.2, 0.25) is 0 Å².